The van der Waals surface area contributed by atoms with Gasteiger partial charge < -0.3 is 15.9 Å². The second-order valence-corrected chi connectivity index (χ2v) is 3.67. The first kappa shape index (κ1) is 15.4. The molecule has 0 bridgehead atoms. The van der Waals surface area contributed by atoms with E-state index < -0.39 is 17.5 Å². The minimum atomic E-state index is -1.08. The van der Waals surface area contributed by atoms with Gasteiger partial charge in [-0.25, -0.2) is 0 Å². The Morgan fingerprint density at radius 2 is 1.64 bits per heavy atom. The lowest BCUT2D eigenvalue weighted by molar-refractivity contribution is -0.142. The van der Waals surface area contributed by atoms with Crippen molar-refractivity contribution in [2.45, 2.75) is 39.7 Å². The van der Waals surface area contributed by atoms with Crippen LogP contribution in [-0.2, 0) is 9.59 Å². The van der Waals surface area contributed by atoms with Gasteiger partial charge in [0.2, 0.25) is 0 Å². The fourth-order valence-electron chi connectivity index (χ4n) is 0.175. The summed E-state index contributed by atoms with van der Waals surface area (Å²) in [5, 5.41) is 16.3. The molecule has 0 amide bonds. The van der Waals surface area contributed by atoms with Crippen molar-refractivity contribution in [3.8, 4) is 0 Å². The zero-order valence-corrected chi connectivity index (χ0v) is 9.07. The van der Waals surface area contributed by atoms with Crippen LogP contribution in [0.5, 0.6) is 0 Å². The molecule has 0 rings (SSSR count). The van der Waals surface area contributed by atoms with Crippen LogP contribution in [0.15, 0.2) is 0 Å². The molecule has 1 unspecified atom stereocenters. The average Bonchev–Trinajstić information content (AvgIpc) is 2.02. The van der Waals surface area contributed by atoms with Gasteiger partial charge in [0.1, 0.15) is 5.54 Å². The van der Waals surface area contributed by atoms with Crippen molar-refractivity contribution in [3.05, 3.63) is 0 Å². The van der Waals surface area contributed by atoms with Gasteiger partial charge in [-0.15, -0.1) is 0 Å². The minimum absolute atomic E-state index is 0.181. The summed E-state index contributed by atoms with van der Waals surface area (Å²) in [6, 6.07) is 0. The lowest BCUT2D eigenvalue weighted by Gasteiger charge is -2.09. The van der Waals surface area contributed by atoms with E-state index in [1.54, 1.807) is 6.92 Å². The normalized spacial score (nSPS) is 12.4. The van der Waals surface area contributed by atoms with Crippen LogP contribution in [0.1, 0.15) is 34.1 Å². The van der Waals surface area contributed by atoms with Crippen LogP contribution in [0.2, 0.25) is 0 Å². The van der Waals surface area contributed by atoms with Gasteiger partial charge in [-0.05, 0) is 20.3 Å². The number of aliphatic carboxylic acids is 2. The molecule has 84 valence electrons. The Morgan fingerprint density at radius 3 is 1.64 bits per heavy atom. The number of nitrogens with two attached hydrogens (primary N) is 1. The van der Waals surface area contributed by atoms with Crippen molar-refractivity contribution in [2.75, 3.05) is 0 Å². The first-order chi connectivity index (χ1) is 6.12. The first-order valence-corrected chi connectivity index (χ1v) is 4.38. The maximum Gasteiger partial charge on any atom is 0.323 e. The smallest absolute Gasteiger partial charge is 0.323 e. The molecule has 0 radical (unpaired) electrons. The molecule has 0 aliphatic rings. The van der Waals surface area contributed by atoms with Gasteiger partial charge in [0.05, 0.1) is 5.92 Å². The molecular formula is C9H19NO4. The van der Waals surface area contributed by atoms with Gasteiger partial charge in [0, 0.05) is 0 Å². The fraction of sp³-hybridized carbons (Fsp3) is 0.778. The van der Waals surface area contributed by atoms with Crippen LogP contribution in [0.25, 0.3) is 0 Å². The van der Waals surface area contributed by atoms with Crippen molar-refractivity contribution >= 4 is 11.9 Å². The Hall–Kier alpha value is -1.10. The van der Waals surface area contributed by atoms with Gasteiger partial charge in [-0.1, -0.05) is 13.8 Å². The summed E-state index contributed by atoms with van der Waals surface area (Å²) in [5.41, 5.74) is 4.00. The Balaban J connectivity index is 0. The highest BCUT2D eigenvalue weighted by atomic mass is 16.4. The third-order valence-corrected chi connectivity index (χ3v) is 1.59. The number of rotatable bonds is 3. The zero-order valence-electron chi connectivity index (χ0n) is 9.07. The molecule has 5 nitrogen and oxygen atoms in total. The SMILES string of the molecule is CC(C)(N)C(=O)O.CCC(C)C(=O)O. The summed E-state index contributed by atoms with van der Waals surface area (Å²) in [4.78, 5) is 19.8. The fourth-order valence-corrected chi connectivity index (χ4v) is 0.175. The molecular weight excluding hydrogens is 186 g/mol. The second-order valence-electron chi connectivity index (χ2n) is 3.67. The van der Waals surface area contributed by atoms with Gasteiger partial charge >= 0.3 is 11.9 Å². The monoisotopic (exact) mass is 205 g/mol. The first-order valence-electron chi connectivity index (χ1n) is 4.38. The highest BCUT2D eigenvalue weighted by molar-refractivity contribution is 5.77. The third-order valence-electron chi connectivity index (χ3n) is 1.59. The number of hydrogen-bond donors (Lipinski definition) is 3. The molecule has 0 aromatic heterocycles. The van der Waals surface area contributed by atoms with Crippen LogP contribution in [-0.4, -0.2) is 27.7 Å². The molecule has 5 heteroatoms. The molecule has 14 heavy (non-hydrogen) atoms. The number of carboxylic acids is 2. The Kier molecular flexibility index (Phi) is 6.99. The van der Waals surface area contributed by atoms with E-state index in [1.165, 1.54) is 13.8 Å². The Morgan fingerprint density at radius 1 is 1.36 bits per heavy atom. The van der Waals surface area contributed by atoms with Crippen LogP contribution in [0.3, 0.4) is 0 Å². The van der Waals surface area contributed by atoms with E-state index in [1.807, 2.05) is 6.92 Å². The number of carboxylic acid groups (broad SMARTS) is 2. The maximum atomic E-state index is 9.93. The molecule has 4 N–H and O–H groups in total. The molecule has 0 aromatic rings. The Labute approximate surface area is 83.9 Å². The molecule has 0 saturated carbocycles. The highest BCUT2D eigenvalue weighted by Gasteiger charge is 2.19. The summed E-state index contributed by atoms with van der Waals surface area (Å²) >= 11 is 0. The maximum absolute atomic E-state index is 9.93. The van der Waals surface area contributed by atoms with E-state index in [0.717, 1.165) is 6.42 Å². The third kappa shape index (κ3) is 8.99. The van der Waals surface area contributed by atoms with E-state index in [0.29, 0.717) is 0 Å². The molecule has 0 saturated heterocycles. The van der Waals surface area contributed by atoms with E-state index in [-0.39, 0.29) is 5.92 Å². The lowest BCUT2D eigenvalue weighted by Crippen LogP contribution is -2.41. The topological polar surface area (TPSA) is 101 Å². The van der Waals surface area contributed by atoms with Gasteiger partial charge in [-0.2, -0.15) is 0 Å². The van der Waals surface area contributed by atoms with E-state index in [2.05, 4.69) is 0 Å². The van der Waals surface area contributed by atoms with Gasteiger partial charge in [0.15, 0.2) is 0 Å². The van der Waals surface area contributed by atoms with Crippen molar-refractivity contribution < 1.29 is 19.8 Å². The Bertz CT molecular complexity index is 195. The molecule has 0 aromatic carbocycles. The lowest BCUT2D eigenvalue weighted by atomic mass is 10.1. The predicted molar refractivity (Wildman–Crippen MR) is 53.0 cm³/mol. The molecule has 0 aliphatic carbocycles. The van der Waals surface area contributed by atoms with Crippen molar-refractivity contribution in [3.63, 3.8) is 0 Å². The molecule has 0 aliphatic heterocycles. The number of hydrogen-bond acceptors (Lipinski definition) is 3. The van der Waals surface area contributed by atoms with Crippen molar-refractivity contribution in [1.29, 1.82) is 0 Å². The van der Waals surface area contributed by atoms with Crippen LogP contribution in [0, 0.1) is 5.92 Å². The van der Waals surface area contributed by atoms with E-state index in [9.17, 15) is 9.59 Å². The quantitative estimate of drug-likeness (QED) is 0.636. The second kappa shape index (κ2) is 6.37. The number of carbonyl (C=O) groups is 2. The van der Waals surface area contributed by atoms with Crippen molar-refractivity contribution in [1.82, 2.24) is 0 Å². The van der Waals surface area contributed by atoms with Gasteiger partial charge in [0.25, 0.3) is 0 Å². The van der Waals surface area contributed by atoms with Crippen LogP contribution < -0.4 is 5.73 Å². The molecule has 0 heterocycles. The molecule has 0 spiro atoms. The zero-order chi connectivity index (χ0) is 11.9. The average molecular weight is 205 g/mol. The van der Waals surface area contributed by atoms with E-state index >= 15 is 0 Å². The molecule has 0 fully saturated rings. The standard InChI is InChI=1S/C5H10O2.C4H9NO2/c1-3-4(2)5(6)7;1-4(2,5)3(6)7/h4H,3H2,1-2H3,(H,6,7);5H2,1-2H3,(H,6,7). The predicted octanol–water partition coefficient (Wildman–Crippen LogP) is 0.925. The van der Waals surface area contributed by atoms with Crippen molar-refractivity contribution in [2.24, 2.45) is 11.7 Å². The summed E-state index contributed by atoms with van der Waals surface area (Å²) in [7, 11) is 0. The summed E-state index contributed by atoms with van der Waals surface area (Å²) in [5.74, 6) is -1.87. The van der Waals surface area contributed by atoms with E-state index in [4.69, 9.17) is 15.9 Å². The highest BCUT2D eigenvalue weighted by Crippen LogP contribution is 1.97. The summed E-state index contributed by atoms with van der Waals surface area (Å²) < 4.78 is 0. The van der Waals surface area contributed by atoms with Crippen LogP contribution >= 0.6 is 0 Å². The summed E-state index contributed by atoms with van der Waals surface area (Å²) in [6.07, 6.45) is 0.718. The largest absolute Gasteiger partial charge is 0.481 e. The minimum Gasteiger partial charge on any atom is -0.481 e. The van der Waals surface area contributed by atoms with Crippen LogP contribution in [0.4, 0.5) is 0 Å². The molecule has 1 atom stereocenters. The van der Waals surface area contributed by atoms with Gasteiger partial charge in [-0.3, -0.25) is 9.59 Å². The summed E-state index contributed by atoms with van der Waals surface area (Å²) in [6.45, 7) is 6.44.